The van der Waals surface area contributed by atoms with E-state index >= 15 is 0 Å². The summed E-state index contributed by atoms with van der Waals surface area (Å²) in [6, 6.07) is 9.51. The second-order valence-electron chi connectivity index (χ2n) is 6.88. The maximum atomic E-state index is 9.89. The van der Waals surface area contributed by atoms with Gasteiger partial charge in [0.2, 0.25) is 0 Å². The van der Waals surface area contributed by atoms with E-state index in [0.717, 1.165) is 69.7 Å². The number of fused-ring (bicyclic) bond motifs is 1. The van der Waals surface area contributed by atoms with E-state index in [0.29, 0.717) is 5.52 Å². The van der Waals surface area contributed by atoms with Crippen LogP contribution in [0.3, 0.4) is 0 Å². The molecule has 0 aliphatic carbocycles. The Labute approximate surface area is 162 Å². The number of aromatic nitrogens is 1. The zero-order valence-electron chi connectivity index (χ0n) is 16.3. The van der Waals surface area contributed by atoms with Crippen molar-refractivity contribution in [3.63, 3.8) is 0 Å². The number of phenolic OH excluding ortho intramolecular Hbond substituents is 1. The monoisotopic (exact) mass is 373 g/mol. The summed E-state index contributed by atoms with van der Waals surface area (Å²) in [5.41, 5.74) is 7.09. The molecule has 0 saturated heterocycles. The standard InChI is InChI=1S/C21H35N5O/c22-11-6-16-24-14-2-1-12-23-13-3-4-15-25-17-19-10-9-18-7-5-8-20(27)21(18)26-19/h5,7-10,23-25,27H,1-4,6,11-17,22H2. The molecule has 27 heavy (non-hydrogen) atoms. The Morgan fingerprint density at radius 2 is 1.41 bits per heavy atom. The molecule has 1 aromatic carbocycles. The van der Waals surface area contributed by atoms with Gasteiger partial charge in [-0.2, -0.15) is 0 Å². The number of unbranched alkanes of at least 4 members (excludes halogenated alkanes) is 2. The van der Waals surface area contributed by atoms with Gasteiger partial charge in [-0.25, -0.2) is 4.98 Å². The van der Waals surface area contributed by atoms with Gasteiger partial charge in [0.05, 0.1) is 5.69 Å². The molecule has 0 aliphatic rings. The minimum atomic E-state index is 0.242. The van der Waals surface area contributed by atoms with Gasteiger partial charge in [-0.05, 0) is 83.5 Å². The van der Waals surface area contributed by atoms with Crippen LogP contribution >= 0.6 is 0 Å². The maximum Gasteiger partial charge on any atom is 0.141 e. The van der Waals surface area contributed by atoms with Crippen LogP contribution in [0.2, 0.25) is 0 Å². The summed E-state index contributed by atoms with van der Waals surface area (Å²) in [7, 11) is 0. The molecule has 1 heterocycles. The Morgan fingerprint density at radius 3 is 2.07 bits per heavy atom. The lowest BCUT2D eigenvalue weighted by Gasteiger charge is -2.08. The van der Waals surface area contributed by atoms with Crippen molar-refractivity contribution in [1.29, 1.82) is 0 Å². The van der Waals surface area contributed by atoms with Crippen LogP contribution in [0.4, 0.5) is 0 Å². The maximum absolute atomic E-state index is 9.89. The lowest BCUT2D eigenvalue weighted by Crippen LogP contribution is -2.22. The topological polar surface area (TPSA) is 95.2 Å². The van der Waals surface area contributed by atoms with Crippen LogP contribution in [-0.2, 0) is 6.54 Å². The van der Waals surface area contributed by atoms with Crippen LogP contribution in [0.1, 0.15) is 37.8 Å². The molecule has 0 amide bonds. The first-order chi connectivity index (χ1) is 13.3. The van der Waals surface area contributed by atoms with E-state index in [1.165, 1.54) is 19.3 Å². The molecule has 0 unspecified atom stereocenters. The summed E-state index contributed by atoms with van der Waals surface area (Å²) in [6.07, 6.45) is 5.81. The van der Waals surface area contributed by atoms with Gasteiger partial charge in [0, 0.05) is 11.9 Å². The van der Waals surface area contributed by atoms with Gasteiger partial charge in [0.25, 0.3) is 0 Å². The zero-order chi connectivity index (χ0) is 19.2. The van der Waals surface area contributed by atoms with Gasteiger partial charge in [-0.3, -0.25) is 0 Å². The van der Waals surface area contributed by atoms with Gasteiger partial charge in [0.15, 0.2) is 0 Å². The highest BCUT2D eigenvalue weighted by Gasteiger charge is 2.02. The van der Waals surface area contributed by atoms with Crippen molar-refractivity contribution < 1.29 is 5.11 Å². The first-order valence-electron chi connectivity index (χ1n) is 10.2. The fourth-order valence-electron chi connectivity index (χ4n) is 2.96. The van der Waals surface area contributed by atoms with Crippen molar-refractivity contribution in [3.05, 3.63) is 36.0 Å². The fourth-order valence-corrected chi connectivity index (χ4v) is 2.96. The molecule has 0 fully saturated rings. The van der Waals surface area contributed by atoms with Crippen LogP contribution in [-0.4, -0.2) is 49.4 Å². The van der Waals surface area contributed by atoms with E-state index in [2.05, 4.69) is 20.9 Å². The summed E-state index contributed by atoms with van der Waals surface area (Å²) < 4.78 is 0. The lowest BCUT2D eigenvalue weighted by atomic mass is 10.2. The number of para-hydroxylation sites is 1. The SMILES string of the molecule is NCCCNCCCCNCCCCNCc1ccc2cccc(O)c2n1. The van der Waals surface area contributed by atoms with Gasteiger partial charge in [-0.1, -0.05) is 18.2 Å². The molecule has 0 bridgehead atoms. The third kappa shape index (κ3) is 8.67. The number of rotatable bonds is 15. The van der Waals surface area contributed by atoms with E-state index in [4.69, 9.17) is 5.73 Å². The highest BCUT2D eigenvalue weighted by Crippen LogP contribution is 2.22. The highest BCUT2D eigenvalue weighted by molar-refractivity contribution is 5.84. The summed E-state index contributed by atoms with van der Waals surface area (Å²) in [5.74, 6) is 0.242. The van der Waals surface area contributed by atoms with E-state index in [9.17, 15) is 5.11 Å². The summed E-state index contributed by atoms with van der Waals surface area (Å²) in [6.45, 7) is 6.77. The molecule has 0 spiro atoms. The van der Waals surface area contributed by atoms with E-state index in [1.807, 2.05) is 24.3 Å². The third-order valence-electron chi connectivity index (χ3n) is 4.53. The number of pyridine rings is 1. The molecule has 6 nitrogen and oxygen atoms in total. The average Bonchev–Trinajstić information content (AvgIpc) is 2.69. The van der Waals surface area contributed by atoms with Crippen molar-refractivity contribution in [2.45, 2.75) is 38.6 Å². The van der Waals surface area contributed by atoms with Crippen LogP contribution in [0.15, 0.2) is 30.3 Å². The van der Waals surface area contributed by atoms with Gasteiger partial charge in [-0.15, -0.1) is 0 Å². The van der Waals surface area contributed by atoms with Crippen molar-refractivity contribution in [1.82, 2.24) is 20.9 Å². The van der Waals surface area contributed by atoms with E-state index in [-0.39, 0.29) is 5.75 Å². The predicted octanol–water partition coefficient (Wildman–Crippen LogP) is 2.12. The summed E-state index contributed by atoms with van der Waals surface area (Å²) >= 11 is 0. The number of nitrogens with two attached hydrogens (primary N) is 1. The quantitative estimate of drug-likeness (QED) is 0.307. The molecule has 6 N–H and O–H groups in total. The molecular formula is C21H35N5O. The highest BCUT2D eigenvalue weighted by atomic mass is 16.3. The first-order valence-corrected chi connectivity index (χ1v) is 10.2. The molecule has 0 atom stereocenters. The summed E-state index contributed by atoms with van der Waals surface area (Å²) in [5, 5.41) is 21.2. The number of benzene rings is 1. The first kappa shape index (κ1) is 21.6. The number of phenols is 1. The largest absolute Gasteiger partial charge is 0.506 e. The van der Waals surface area contributed by atoms with Crippen molar-refractivity contribution in [2.75, 3.05) is 39.3 Å². The predicted molar refractivity (Wildman–Crippen MR) is 113 cm³/mol. The van der Waals surface area contributed by atoms with Crippen molar-refractivity contribution in [2.24, 2.45) is 5.73 Å². The number of aromatic hydroxyl groups is 1. The zero-order valence-corrected chi connectivity index (χ0v) is 16.3. The average molecular weight is 374 g/mol. The molecule has 150 valence electrons. The number of nitrogens with one attached hydrogen (secondary N) is 3. The van der Waals surface area contributed by atoms with Gasteiger partial charge in [0.1, 0.15) is 11.3 Å². The molecule has 1 aromatic heterocycles. The van der Waals surface area contributed by atoms with Gasteiger partial charge < -0.3 is 26.8 Å². The summed E-state index contributed by atoms with van der Waals surface area (Å²) in [4.78, 5) is 4.54. The number of nitrogens with zero attached hydrogens (tertiary/aromatic N) is 1. The van der Waals surface area contributed by atoms with Crippen molar-refractivity contribution in [3.8, 4) is 5.75 Å². The fraction of sp³-hybridized carbons (Fsp3) is 0.571. The molecule has 0 radical (unpaired) electrons. The molecule has 2 rings (SSSR count). The second-order valence-corrected chi connectivity index (χ2v) is 6.88. The Hall–Kier alpha value is -1.73. The minimum absolute atomic E-state index is 0.242. The second kappa shape index (κ2) is 13.4. The Bertz CT molecular complexity index is 650. The normalized spacial score (nSPS) is 11.3. The molecular weight excluding hydrogens is 338 g/mol. The van der Waals surface area contributed by atoms with Crippen LogP contribution in [0.5, 0.6) is 5.75 Å². The number of hydrogen-bond acceptors (Lipinski definition) is 6. The Balaban J connectivity index is 1.44. The molecule has 6 heteroatoms. The molecule has 0 saturated carbocycles. The third-order valence-corrected chi connectivity index (χ3v) is 4.53. The Morgan fingerprint density at radius 1 is 0.778 bits per heavy atom. The molecule has 0 aliphatic heterocycles. The lowest BCUT2D eigenvalue weighted by molar-refractivity contribution is 0.480. The Kier molecular flexibility index (Phi) is 10.7. The molecule has 2 aromatic rings. The van der Waals surface area contributed by atoms with Crippen LogP contribution in [0.25, 0.3) is 10.9 Å². The van der Waals surface area contributed by atoms with Crippen LogP contribution in [0, 0.1) is 0 Å². The number of hydrogen-bond donors (Lipinski definition) is 5. The smallest absolute Gasteiger partial charge is 0.141 e. The van der Waals surface area contributed by atoms with Crippen LogP contribution < -0.4 is 21.7 Å². The van der Waals surface area contributed by atoms with Crippen molar-refractivity contribution >= 4 is 10.9 Å². The van der Waals surface area contributed by atoms with Gasteiger partial charge >= 0.3 is 0 Å². The van der Waals surface area contributed by atoms with E-state index < -0.39 is 0 Å². The van der Waals surface area contributed by atoms with E-state index in [1.54, 1.807) is 6.07 Å². The minimum Gasteiger partial charge on any atom is -0.506 e.